The smallest absolute Gasteiger partial charge is 0.210 e. The zero-order valence-electron chi connectivity index (χ0n) is 4.61. The monoisotopic (exact) mass is 86.1 g/mol. The molecule has 0 aliphatic carbocycles. The van der Waals surface area contributed by atoms with Crippen molar-refractivity contribution in [2.24, 2.45) is 0 Å². The molecular weight excluding hydrogens is 76.1 g/mol. The van der Waals surface area contributed by atoms with Gasteiger partial charge in [-0.1, -0.05) is 0 Å². The van der Waals surface area contributed by atoms with Crippen LogP contribution >= 0.6 is 0 Å². The molecule has 0 heterocycles. The van der Waals surface area contributed by atoms with Gasteiger partial charge in [-0.2, -0.15) is 0 Å². The Morgan fingerprint density at radius 3 is 3.33 bits per heavy atom. The SMILES string of the molecule is [3H]OCCCC#C. The average Bonchev–Trinajstić information content (AvgIpc) is 1.69. The molecule has 1 nitrogen and oxygen atoms in total. The number of rotatable bonds is 3. The van der Waals surface area contributed by atoms with Gasteiger partial charge in [-0.25, -0.2) is 0 Å². The molecule has 0 bridgehead atoms. The molecule has 6 heavy (non-hydrogen) atoms. The van der Waals surface area contributed by atoms with E-state index < -0.39 is 0 Å². The van der Waals surface area contributed by atoms with E-state index in [2.05, 4.69) is 11.0 Å². The molecule has 0 spiro atoms. The first-order valence-electron chi connectivity index (χ1n) is 2.34. The number of aliphatic hydroxyl groups excluding tert-OH is 1. The van der Waals surface area contributed by atoms with Gasteiger partial charge in [0.05, 0.1) is 0 Å². The lowest BCUT2D eigenvalue weighted by atomic mass is 10.3. The highest BCUT2D eigenvalue weighted by Crippen LogP contribution is 1.79. The molecule has 34 valence electrons. The second-order valence-corrected chi connectivity index (χ2v) is 1.01. The number of terminal acetylenes is 1. The normalized spacial score (nSPS) is 9.50. The molecule has 0 aromatic heterocycles. The van der Waals surface area contributed by atoms with E-state index >= 15 is 0 Å². The molecular formula is C5H8O. The van der Waals surface area contributed by atoms with Crippen LogP contribution in [0, 0.1) is 12.3 Å². The van der Waals surface area contributed by atoms with Crippen LogP contribution in [0.4, 0.5) is 0 Å². The zero-order chi connectivity index (χ0) is 5.54. The van der Waals surface area contributed by atoms with Crippen LogP contribution in [-0.2, 0) is 0 Å². The van der Waals surface area contributed by atoms with Crippen LogP contribution in [0.2, 0.25) is 0 Å². The van der Waals surface area contributed by atoms with Crippen molar-refractivity contribution in [2.75, 3.05) is 6.61 Å². The van der Waals surface area contributed by atoms with Gasteiger partial charge < -0.3 is 5.11 Å². The minimum Gasteiger partial charge on any atom is -0.396 e. The number of hydrogen-bond donors (Lipinski definition) is 1. The fraction of sp³-hybridized carbons (Fsp3) is 0.600. The van der Waals surface area contributed by atoms with E-state index in [9.17, 15) is 0 Å². The molecule has 0 unspecified atom stereocenters. The van der Waals surface area contributed by atoms with Gasteiger partial charge in [0.2, 0.25) is 1.43 Å². The van der Waals surface area contributed by atoms with Crippen molar-refractivity contribution in [2.45, 2.75) is 12.8 Å². The summed E-state index contributed by atoms with van der Waals surface area (Å²) in [5.74, 6) is 2.44. The van der Waals surface area contributed by atoms with Gasteiger partial charge in [-0.15, -0.1) is 12.3 Å². The van der Waals surface area contributed by atoms with E-state index in [1.54, 1.807) is 0 Å². The highest BCUT2D eigenvalue weighted by molar-refractivity contribution is 4.82. The summed E-state index contributed by atoms with van der Waals surface area (Å²) in [5, 5.41) is 4.00. The molecule has 0 rings (SSSR count). The van der Waals surface area contributed by atoms with Crippen LogP contribution < -0.4 is 0 Å². The number of hydrogen-bond acceptors (Lipinski definition) is 1. The third-order valence-electron chi connectivity index (χ3n) is 0.465. The largest absolute Gasteiger partial charge is 0.396 e. The highest BCUT2D eigenvalue weighted by atomic mass is 16.2. The van der Waals surface area contributed by atoms with E-state index in [1.165, 1.54) is 0 Å². The summed E-state index contributed by atoms with van der Waals surface area (Å²) in [6, 6.07) is 0. The minimum atomic E-state index is 0.449. The summed E-state index contributed by atoms with van der Waals surface area (Å²) in [7, 11) is 0. The first-order valence-corrected chi connectivity index (χ1v) is 1.93. The summed E-state index contributed by atoms with van der Waals surface area (Å²) in [5.41, 5.74) is 0. The number of aliphatic hydroxyl groups is 1. The Kier molecular flexibility index (Phi) is 2.79. The molecule has 0 aliphatic heterocycles. The predicted molar refractivity (Wildman–Crippen MR) is 25.2 cm³/mol. The van der Waals surface area contributed by atoms with Gasteiger partial charge in [-0.3, -0.25) is 0 Å². The molecule has 0 saturated carbocycles. The lowest BCUT2D eigenvalue weighted by molar-refractivity contribution is 0.290. The summed E-state index contributed by atoms with van der Waals surface area (Å²) < 4.78 is 6.21. The summed E-state index contributed by atoms with van der Waals surface area (Å²) in [6.45, 7) is 0.449. The van der Waals surface area contributed by atoms with Crippen LogP contribution in [0.25, 0.3) is 0 Å². The van der Waals surface area contributed by atoms with Gasteiger partial charge >= 0.3 is 0 Å². The highest BCUT2D eigenvalue weighted by Gasteiger charge is 1.72. The second kappa shape index (κ2) is 4.52. The van der Waals surface area contributed by atoms with Crippen molar-refractivity contribution in [3.63, 3.8) is 0 Å². The average molecular weight is 86.1 g/mol. The maximum atomic E-state index is 6.21. The number of unbranched alkanes of at least 4 members (excludes halogenated alkanes) is 1. The summed E-state index contributed by atoms with van der Waals surface area (Å²) >= 11 is 0. The molecule has 0 radical (unpaired) electrons. The van der Waals surface area contributed by atoms with Crippen LogP contribution in [0.5, 0.6) is 0 Å². The summed E-state index contributed by atoms with van der Waals surface area (Å²) in [6.07, 6.45) is 6.40. The molecule has 0 atom stereocenters. The molecule has 0 aliphatic rings. The first-order chi connectivity index (χ1) is 3.41. The molecule has 1 N–H and O–H groups in total. The van der Waals surface area contributed by atoms with Crippen molar-refractivity contribution < 1.29 is 5.11 Å². The topological polar surface area (TPSA) is 20.2 Å². The Morgan fingerprint density at radius 1 is 2.00 bits per heavy atom. The van der Waals surface area contributed by atoms with E-state index in [1.807, 2.05) is 0 Å². The molecule has 1 heteroatoms. The van der Waals surface area contributed by atoms with E-state index in [0.29, 0.717) is 13.0 Å². The summed E-state index contributed by atoms with van der Waals surface area (Å²) in [4.78, 5) is 0. The van der Waals surface area contributed by atoms with Crippen molar-refractivity contribution in [1.29, 1.82) is 1.43 Å². The third kappa shape index (κ3) is 3.52. The fourth-order valence-electron chi connectivity index (χ4n) is 0.174. The minimum absolute atomic E-state index is 0.449. The van der Waals surface area contributed by atoms with Gasteiger partial charge in [-0.05, 0) is 6.42 Å². The Balaban J connectivity index is 2.60. The first kappa shape index (κ1) is 3.70. The molecule has 0 aromatic carbocycles. The maximum Gasteiger partial charge on any atom is 0.210 e. The van der Waals surface area contributed by atoms with Gasteiger partial charge in [0, 0.05) is 13.0 Å². The molecule has 0 amide bonds. The molecule has 0 aromatic rings. The van der Waals surface area contributed by atoms with Crippen molar-refractivity contribution >= 4 is 0 Å². The molecule has 0 fully saturated rings. The van der Waals surface area contributed by atoms with E-state index in [4.69, 9.17) is 7.85 Å². The van der Waals surface area contributed by atoms with Gasteiger partial charge in [0.15, 0.2) is 0 Å². The maximum absolute atomic E-state index is 6.21. The van der Waals surface area contributed by atoms with Crippen LogP contribution in [0.3, 0.4) is 0 Å². The lowest BCUT2D eigenvalue weighted by Gasteiger charge is -1.79. The van der Waals surface area contributed by atoms with E-state index in [0.717, 1.165) is 6.42 Å². The van der Waals surface area contributed by atoms with Crippen molar-refractivity contribution in [1.82, 2.24) is 0 Å². The Hall–Kier alpha value is -0.480. The fourth-order valence-corrected chi connectivity index (χ4v) is 0.174. The zero-order valence-corrected chi connectivity index (χ0v) is 3.61. The second-order valence-electron chi connectivity index (χ2n) is 1.01. The lowest BCUT2D eigenvalue weighted by Crippen LogP contribution is -1.77. The Morgan fingerprint density at radius 2 is 2.83 bits per heavy atom. The standard InChI is InChI=1S/C5H8O/c1-2-3-4-5-6/h1,6H,3-5H2/i6T. The van der Waals surface area contributed by atoms with Crippen LogP contribution in [0.1, 0.15) is 12.8 Å². The Labute approximate surface area is 39.5 Å². The van der Waals surface area contributed by atoms with E-state index in [-0.39, 0.29) is 0 Å². The molecule has 0 saturated heterocycles. The van der Waals surface area contributed by atoms with Crippen LogP contribution in [-0.4, -0.2) is 13.1 Å². The van der Waals surface area contributed by atoms with Crippen LogP contribution in [0.15, 0.2) is 0 Å². The van der Waals surface area contributed by atoms with Crippen molar-refractivity contribution in [3.8, 4) is 12.3 Å². The Bertz CT molecular complexity index is 65.0. The van der Waals surface area contributed by atoms with Gasteiger partial charge in [0.1, 0.15) is 0 Å². The third-order valence-corrected chi connectivity index (χ3v) is 0.465. The predicted octanol–water partition coefficient (Wildman–Crippen LogP) is 0.392. The quantitative estimate of drug-likeness (QED) is 0.389. The van der Waals surface area contributed by atoms with Gasteiger partial charge in [0.25, 0.3) is 0 Å². The van der Waals surface area contributed by atoms with Crippen molar-refractivity contribution in [3.05, 3.63) is 0 Å².